The number of hydrogen-bond donors (Lipinski definition) is 4. The summed E-state index contributed by atoms with van der Waals surface area (Å²) in [5.74, 6) is 0.719. The normalized spacial score (nSPS) is 17.9. The zero-order chi connectivity index (χ0) is 34.9. The van der Waals surface area contributed by atoms with Crippen molar-refractivity contribution in [3.63, 3.8) is 0 Å². The highest BCUT2D eigenvalue weighted by Gasteiger charge is 2.33. The zero-order valence-corrected chi connectivity index (χ0v) is 29.9. The molecule has 4 aromatic rings. The summed E-state index contributed by atoms with van der Waals surface area (Å²) >= 11 is 10.7. The SMILES string of the molecule is COc1nc(O[C@H]2CCc3c(-c4cccc(-c5ccc(C6=N[C@@H](C)CN6)c(OC)n5)c4Cl)cccc32)c(Br)cc1CN[C@@](C)(CO)C(=O)O. The van der Waals surface area contributed by atoms with Gasteiger partial charge in [0, 0.05) is 29.8 Å². The number of methoxy groups -OCH3 is 2. The van der Waals surface area contributed by atoms with Gasteiger partial charge in [-0.1, -0.05) is 48.0 Å². The summed E-state index contributed by atoms with van der Waals surface area (Å²) in [5.41, 5.74) is 5.48. The van der Waals surface area contributed by atoms with E-state index in [4.69, 9.17) is 30.8 Å². The van der Waals surface area contributed by atoms with Crippen molar-refractivity contribution in [3.05, 3.63) is 86.3 Å². The Kier molecular flexibility index (Phi) is 10.1. The van der Waals surface area contributed by atoms with E-state index in [0.717, 1.165) is 58.6 Å². The van der Waals surface area contributed by atoms with Crippen molar-refractivity contribution in [2.45, 2.75) is 50.9 Å². The Morgan fingerprint density at radius 2 is 1.78 bits per heavy atom. The number of rotatable bonds is 12. The van der Waals surface area contributed by atoms with Crippen LogP contribution in [0.1, 0.15) is 48.6 Å². The summed E-state index contributed by atoms with van der Waals surface area (Å²) in [6.45, 7) is 3.76. The van der Waals surface area contributed by atoms with Gasteiger partial charge in [-0.3, -0.25) is 15.1 Å². The lowest BCUT2D eigenvalue weighted by atomic mass is 9.94. The number of nitrogens with one attached hydrogen (secondary N) is 2. The molecule has 49 heavy (non-hydrogen) atoms. The van der Waals surface area contributed by atoms with Crippen molar-refractivity contribution in [1.82, 2.24) is 20.6 Å². The molecule has 0 saturated carbocycles. The number of carbonyl (C=O) groups is 1. The van der Waals surface area contributed by atoms with Gasteiger partial charge in [0.25, 0.3) is 0 Å². The molecule has 0 saturated heterocycles. The third-order valence-electron chi connectivity index (χ3n) is 8.89. The molecule has 0 radical (unpaired) electrons. The van der Waals surface area contributed by atoms with E-state index in [0.29, 0.717) is 32.5 Å². The number of benzene rings is 2. The second-order valence-corrected chi connectivity index (χ2v) is 13.5. The number of ether oxygens (including phenoxy) is 3. The topological polar surface area (TPSA) is 147 Å². The Morgan fingerprint density at radius 3 is 2.47 bits per heavy atom. The van der Waals surface area contributed by atoms with Crippen LogP contribution in [-0.4, -0.2) is 70.9 Å². The molecule has 13 heteroatoms. The van der Waals surface area contributed by atoms with Gasteiger partial charge in [0.1, 0.15) is 17.5 Å². The molecule has 1 aliphatic heterocycles. The van der Waals surface area contributed by atoms with Gasteiger partial charge in [0.15, 0.2) is 0 Å². The van der Waals surface area contributed by atoms with Crippen LogP contribution in [0.25, 0.3) is 22.4 Å². The van der Waals surface area contributed by atoms with Crippen LogP contribution in [0.5, 0.6) is 17.6 Å². The molecular weight excluding hydrogens is 714 g/mol. The number of pyridine rings is 2. The summed E-state index contributed by atoms with van der Waals surface area (Å²) in [4.78, 5) is 25.7. The van der Waals surface area contributed by atoms with Crippen LogP contribution in [-0.2, 0) is 17.8 Å². The number of aliphatic carboxylic acids is 1. The average molecular weight is 751 g/mol. The maximum atomic E-state index is 11.6. The molecule has 4 N–H and O–H groups in total. The molecule has 6 rings (SSSR count). The maximum Gasteiger partial charge on any atom is 0.326 e. The van der Waals surface area contributed by atoms with Gasteiger partial charge in [-0.05, 0) is 77.5 Å². The number of fused-ring (bicyclic) bond motifs is 1. The number of nitrogens with zero attached hydrogens (tertiary/aromatic N) is 3. The maximum absolute atomic E-state index is 11.6. The van der Waals surface area contributed by atoms with E-state index in [9.17, 15) is 15.0 Å². The number of hydrogen-bond acceptors (Lipinski definition) is 10. The largest absolute Gasteiger partial charge is 0.481 e. The van der Waals surface area contributed by atoms with Crippen LogP contribution in [0.15, 0.2) is 64.1 Å². The van der Waals surface area contributed by atoms with Gasteiger partial charge in [-0.15, -0.1) is 0 Å². The van der Waals surface area contributed by atoms with E-state index in [1.807, 2.05) is 36.4 Å². The number of amidine groups is 1. The first-order chi connectivity index (χ1) is 23.6. The molecule has 2 aromatic carbocycles. The second kappa shape index (κ2) is 14.3. The van der Waals surface area contributed by atoms with Crippen molar-refractivity contribution in [2.75, 3.05) is 27.4 Å². The minimum Gasteiger partial charge on any atom is -0.481 e. The second-order valence-electron chi connectivity index (χ2n) is 12.2. The smallest absolute Gasteiger partial charge is 0.326 e. The summed E-state index contributed by atoms with van der Waals surface area (Å²) < 4.78 is 18.2. The first-order valence-electron chi connectivity index (χ1n) is 15.8. The predicted molar refractivity (Wildman–Crippen MR) is 191 cm³/mol. The van der Waals surface area contributed by atoms with Crippen LogP contribution in [0.4, 0.5) is 0 Å². The minimum absolute atomic E-state index is 0.103. The highest BCUT2D eigenvalue weighted by Crippen LogP contribution is 2.44. The average Bonchev–Trinajstić information content (AvgIpc) is 3.73. The molecule has 0 fully saturated rings. The number of aromatic nitrogens is 2. The monoisotopic (exact) mass is 749 g/mol. The van der Waals surface area contributed by atoms with Crippen LogP contribution >= 0.6 is 27.5 Å². The van der Waals surface area contributed by atoms with Gasteiger partial charge >= 0.3 is 5.97 Å². The van der Waals surface area contributed by atoms with Gasteiger partial charge in [0.05, 0.1) is 47.6 Å². The molecule has 3 atom stereocenters. The number of aliphatic imine (C=N–C) groups is 1. The molecule has 1 aliphatic carbocycles. The summed E-state index contributed by atoms with van der Waals surface area (Å²) in [5, 5.41) is 25.9. The Bertz CT molecular complexity index is 1940. The van der Waals surface area contributed by atoms with E-state index in [1.165, 1.54) is 14.0 Å². The standard InChI is InChI=1S/C36H37BrClN5O6/c1-19-16-39-31(41-19)26-11-13-28(42-33(26)48-4)25-10-6-9-24(30(25)38)21-7-5-8-23-22(21)12-14-29(23)49-34-27(37)15-20(32(43-34)47-3)17-40-36(2,18-44)35(45)46/h5-11,13,15,19,29,40,44H,12,14,16-18H2,1-4H3,(H,39,41)(H,45,46)/t19-,29-,36-/m0/s1. The van der Waals surface area contributed by atoms with E-state index >= 15 is 0 Å². The number of halogens is 2. The van der Waals surface area contributed by atoms with E-state index in [2.05, 4.69) is 55.6 Å². The molecule has 3 heterocycles. The van der Waals surface area contributed by atoms with Crippen molar-refractivity contribution in [2.24, 2.45) is 4.99 Å². The van der Waals surface area contributed by atoms with Crippen LogP contribution in [0, 0.1) is 0 Å². The molecule has 256 valence electrons. The number of carboxylic acids is 1. The Hall–Kier alpha value is -4.23. The van der Waals surface area contributed by atoms with Gasteiger partial charge in [-0.25, -0.2) is 4.98 Å². The van der Waals surface area contributed by atoms with Crippen molar-refractivity contribution in [1.29, 1.82) is 0 Å². The third-order valence-corrected chi connectivity index (χ3v) is 9.87. The van der Waals surface area contributed by atoms with E-state index in [-0.39, 0.29) is 24.6 Å². The quantitative estimate of drug-likeness (QED) is 0.137. The zero-order valence-electron chi connectivity index (χ0n) is 27.5. The molecule has 2 aromatic heterocycles. The first kappa shape index (κ1) is 34.6. The van der Waals surface area contributed by atoms with Gasteiger partial charge in [0.2, 0.25) is 17.6 Å². The summed E-state index contributed by atoms with van der Waals surface area (Å²) in [7, 11) is 3.09. The summed E-state index contributed by atoms with van der Waals surface area (Å²) in [6.07, 6.45) is 1.23. The fraction of sp³-hybridized carbons (Fsp3) is 0.333. The van der Waals surface area contributed by atoms with Crippen molar-refractivity contribution in [3.8, 4) is 40.0 Å². The minimum atomic E-state index is -1.52. The van der Waals surface area contributed by atoms with Crippen molar-refractivity contribution >= 4 is 39.3 Å². The molecule has 0 spiro atoms. The molecule has 0 bridgehead atoms. The van der Waals surface area contributed by atoms with E-state index < -0.39 is 18.1 Å². The Morgan fingerprint density at radius 1 is 1.04 bits per heavy atom. The van der Waals surface area contributed by atoms with Gasteiger partial charge in [-0.2, -0.15) is 4.98 Å². The molecule has 0 unspecified atom stereocenters. The number of carboxylic acid groups (broad SMARTS) is 1. The molecular formula is C36H37BrClN5O6. The van der Waals surface area contributed by atoms with Crippen molar-refractivity contribution < 1.29 is 29.2 Å². The van der Waals surface area contributed by atoms with Gasteiger partial charge < -0.3 is 29.7 Å². The lowest BCUT2D eigenvalue weighted by Crippen LogP contribution is -2.52. The van der Waals surface area contributed by atoms with Crippen LogP contribution < -0.4 is 24.8 Å². The molecule has 2 aliphatic rings. The lowest BCUT2D eigenvalue weighted by Gasteiger charge is -2.24. The Balaban J connectivity index is 1.27. The van der Waals surface area contributed by atoms with Crippen LogP contribution in [0.2, 0.25) is 5.02 Å². The highest BCUT2D eigenvalue weighted by molar-refractivity contribution is 9.10. The number of aliphatic hydroxyl groups excluding tert-OH is 1. The Labute approximate surface area is 297 Å². The van der Waals surface area contributed by atoms with E-state index in [1.54, 1.807) is 13.2 Å². The van der Waals surface area contributed by atoms with Crippen LogP contribution in [0.3, 0.4) is 0 Å². The molecule has 0 amide bonds. The summed E-state index contributed by atoms with van der Waals surface area (Å²) in [6, 6.07) is 18.0. The third kappa shape index (κ3) is 6.83. The lowest BCUT2D eigenvalue weighted by molar-refractivity contribution is -0.145. The first-order valence-corrected chi connectivity index (χ1v) is 17.0. The molecule has 11 nitrogen and oxygen atoms in total. The fourth-order valence-corrected chi connectivity index (χ4v) is 6.86. The highest BCUT2D eigenvalue weighted by atomic mass is 79.9. The number of aliphatic hydroxyl groups is 1. The fourth-order valence-electron chi connectivity index (χ4n) is 6.08. The predicted octanol–water partition coefficient (Wildman–Crippen LogP) is 5.97.